The summed E-state index contributed by atoms with van der Waals surface area (Å²) in [5, 5.41) is 0. The molecule has 0 aromatic heterocycles. The molecule has 0 bridgehead atoms. The minimum Gasteiger partial charge on any atom is -0.496 e. The molecular weight excluding hydrogens is 295 g/mol. The lowest BCUT2D eigenvalue weighted by atomic mass is 9.92. The predicted molar refractivity (Wildman–Crippen MR) is 73.3 cm³/mol. The zero-order valence-electron chi connectivity index (χ0n) is 11.5. The molecule has 1 unspecified atom stereocenters. The van der Waals surface area contributed by atoms with E-state index in [2.05, 4.69) is 4.74 Å². The van der Waals surface area contributed by atoms with Gasteiger partial charge < -0.3 is 15.2 Å². The lowest BCUT2D eigenvalue weighted by Gasteiger charge is -2.21. The molecular formula is C13H19ClF3NO2. The van der Waals surface area contributed by atoms with E-state index in [0.29, 0.717) is 11.3 Å². The summed E-state index contributed by atoms with van der Waals surface area (Å²) in [5.74, 6) is 0.183. The van der Waals surface area contributed by atoms with Gasteiger partial charge in [0, 0.05) is 17.7 Å². The van der Waals surface area contributed by atoms with Gasteiger partial charge in [0.15, 0.2) is 0 Å². The van der Waals surface area contributed by atoms with E-state index in [0.717, 1.165) is 6.42 Å². The van der Waals surface area contributed by atoms with Crippen LogP contribution in [0.4, 0.5) is 13.2 Å². The van der Waals surface area contributed by atoms with Crippen molar-refractivity contribution in [2.75, 3.05) is 7.11 Å². The zero-order valence-corrected chi connectivity index (χ0v) is 12.3. The van der Waals surface area contributed by atoms with E-state index in [4.69, 9.17) is 10.5 Å². The molecule has 0 saturated carbocycles. The first-order valence-electron chi connectivity index (χ1n) is 5.97. The van der Waals surface area contributed by atoms with Crippen molar-refractivity contribution in [3.63, 3.8) is 0 Å². The molecule has 0 radical (unpaired) electrons. The van der Waals surface area contributed by atoms with Crippen molar-refractivity contribution < 1.29 is 22.6 Å². The lowest BCUT2D eigenvalue weighted by molar-refractivity contribution is -0.274. The van der Waals surface area contributed by atoms with Gasteiger partial charge in [-0.15, -0.1) is 25.6 Å². The number of hydrogen-bond donors (Lipinski definition) is 1. The van der Waals surface area contributed by atoms with Crippen molar-refractivity contribution in [1.29, 1.82) is 0 Å². The van der Waals surface area contributed by atoms with Gasteiger partial charge in [-0.3, -0.25) is 0 Å². The summed E-state index contributed by atoms with van der Waals surface area (Å²) in [6.07, 6.45) is -3.85. The van der Waals surface area contributed by atoms with E-state index >= 15 is 0 Å². The van der Waals surface area contributed by atoms with E-state index in [1.165, 1.54) is 25.3 Å². The van der Waals surface area contributed by atoms with Crippen LogP contribution < -0.4 is 15.2 Å². The van der Waals surface area contributed by atoms with Crippen LogP contribution in [-0.2, 0) is 0 Å². The predicted octanol–water partition coefficient (Wildman–Crippen LogP) is 4.06. The minimum absolute atomic E-state index is 0. The second-order valence-corrected chi connectivity index (χ2v) is 4.36. The monoisotopic (exact) mass is 313 g/mol. The van der Waals surface area contributed by atoms with Crippen molar-refractivity contribution in [2.45, 2.75) is 32.7 Å². The van der Waals surface area contributed by atoms with Gasteiger partial charge in [0.05, 0.1) is 7.11 Å². The molecule has 0 aliphatic carbocycles. The Bertz CT molecular complexity index is 427. The standard InChI is InChI=1S/C13H18F3NO2.ClH/c1-4-8(2)12(17)10-6-5-9(7-11(10)18-3)19-13(14,15)16;/h5-8,12H,4,17H2,1-3H3;1H/t8?,12-;/m0./s1. The third kappa shape index (κ3) is 5.09. The third-order valence-electron chi connectivity index (χ3n) is 3.05. The number of ether oxygens (including phenoxy) is 2. The maximum Gasteiger partial charge on any atom is 0.573 e. The molecule has 7 heteroatoms. The highest BCUT2D eigenvalue weighted by atomic mass is 35.5. The summed E-state index contributed by atoms with van der Waals surface area (Å²) in [7, 11) is 1.39. The maximum atomic E-state index is 12.1. The van der Waals surface area contributed by atoms with Crippen LogP contribution in [-0.4, -0.2) is 13.5 Å². The Balaban J connectivity index is 0.00000361. The largest absolute Gasteiger partial charge is 0.573 e. The number of halogens is 4. The minimum atomic E-state index is -4.72. The highest BCUT2D eigenvalue weighted by molar-refractivity contribution is 5.85. The molecule has 1 rings (SSSR count). The van der Waals surface area contributed by atoms with Gasteiger partial charge in [-0.1, -0.05) is 26.3 Å². The SMILES string of the molecule is CCC(C)[C@H](N)c1ccc(OC(F)(F)F)cc1OC.Cl. The summed E-state index contributed by atoms with van der Waals surface area (Å²) < 4.78 is 45.3. The van der Waals surface area contributed by atoms with E-state index in [1.807, 2.05) is 13.8 Å². The number of hydrogen-bond acceptors (Lipinski definition) is 3. The Morgan fingerprint density at radius 3 is 2.35 bits per heavy atom. The molecule has 116 valence electrons. The van der Waals surface area contributed by atoms with Crippen molar-refractivity contribution >= 4 is 12.4 Å². The van der Waals surface area contributed by atoms with Crippen molar-refractivity contribution in [1.82, 2.24) is 0 Å². The van der Waals surface area contributed by atoms with Crippen LogP contribution in [0.15, 0.2) is 18.2 Å². The van der Waals surface area contributed by atoms with Crippen LogP contribution in [0.1, 0.15) is 31.9 Å². The molecule has 1 aromatic rings. The van der Waals surface area contributed by atoms with Gasteiger partial charge in [0.2, 0.25) is 0 Å². The molecule has 0 spiro atoms. The third-order valence-corrected chi connectivity index (χ3v) is 3.05. The Morgan fingerprint density at radius 1 is 1.30 bits per heavy atom. The van der Waals surface area contributed by atoms with Crippen LogP contribution in [0.2, 0.25) is 0 Å². The molecule has 0 amide bonds. The summed E-state index contributed by atoms with van der Waals surface area (Å²) in [6.45, 7) is 3.97. The Morgan fingerprint density at radius 2 is 1.90 bits per heavy atom. The van der Waals surface area contributed by atoms with Crippen molar-refractivity contribution in [3.8, 4) is 11.5 Å². The average molecular weight is 314 g/mol. The maximum absolute atomic E-state index is 12.1. The summed E-state index contributed by atoms with van der Waals surface area (Å²) in [4.78, 5) is 0. The van der Waals surface area contributed by atoms with Crippen LogP contribution in [0.5, 0.6) is 11.5 Å². The molecule has 0 aliphatic rings. The first-order valence-corrected chi connectivity index (χ1v) is 5.97. The van der Waals surface area contributed by atoms with Gasteiger partial charge in [-0.25, -0.2) is 0 Å². The molecule has 0 fully saturated rings. The Kier molecular flexibility index (Phi) is 7.16. The molecule has 1 aromatic carbocycles. The first kappa shape index (κ1) is 18.9. The fourth-order valence-corrected chi connectivity index (χ4v) is 1.72. The number of nitrogens with two attached hydrogens (primary N) is 1. The fraction of sp³-hybridized carbons (Fsp3) is 0.538. The zero-order chi connectivity index (χ0) is 14.6. The van der Waals surface area contributed by atoms with E-state index < -0.39 is 6.36 Å². The number of alkyl halides is 3. The normalized spacial score (nSPS) is 14.2. The van der Waals surface area contributed by atoms with E-state index in [9.17, 15) is 13.2 Å². The van der Waals surface area contributed by atoms with Crippen molar-refractivity contribution in [2.24, 2.45) is 11.7 Å². The van der Waals surface area contributed by atoms with Crippen LogP contribution in [0.25, 0.3) is 0 Å². The topological polar surface area (TPSA) is 44.5 Å². The molecule has 3 nitrogen and oxygen atoms in total. The second kappa shape index (κ2) is 7.59. The van der Waals surface area contributed by atoms with E-state index in [1.54, 1.807) is 0 Å². The van der Waals surface area contributed by atoms with Gasteiger partial charge in [0.25, 0.3) is 0 Å². The van der Waals surface area contributed by atoms with Crippen molar-refractivity contribution in [3.05, 3.63) is 23.8 Å². The van der Waals surface area contributed by atoms with Gasteiger partial charge in [0.1, 0.15) is 11.5 Å². The molecule has 0 heterocycles. The highest BCUT2D eigenvalue weighted by Crippen LogP contribution is 2.34. The lowest BCUT2D eigenvalue weighted by Crippen LogP contribution is -2.20. The second-order valence-electron chi connectivity index (χ2n) is 4.36. The summed E-state index contributed by atoms with van der Waals surface area (Å²) in [5.41, 5.74) is 6.73. The summed E-state index contributed by atoms with van der Waals surface area (Å²) >= 11 is 0. The Labute approximate surface area is 122 Å². The molecule has 2 atom stereocenters. The molecule has 2 N–H and O–H groups in total. The number of rotatable bonds is 5. The Hall–Kier alpha value is -1.14. The first-order chi connectivity index (χ1) is 8.78. The van der Waals surface area contributed by atoms with Crippen LogP contribution >= 0.6 is 12.4 Å². The average Bonchev–Trinajstić information content (AvgIpc) is 2.34. The number of methoxy groups -OCH3 is 1. The van der Waals surface area contributed by atoms with Crippen LogP contribution in [0.3, 0.4) is 0 Å². The van der Waals surface area contributed by atoms with Crippen LogP contribution in [0, 0.1) is 5.92 Å². The van der Waals surface area contributed by atoms with Gasteiger partial charge in [-0.2, -0.15) is 0 Å². The van der Waals surface area contributed by atoms with E-state index in [-0.39, 0.29) is 30.1 Å². The smallest absolute Gasteiger partial charge is 0.496 e. The molecule has 0 aliphatic heterocycles. The van der Waals surface area contributed by atoms with Gasteiger partial charge in [-0.05, 0) is 12.0 Å². The fourth-order valence-electron chi connectivity index (χ4n) is 1.72. The summed E-state index contributed by atoms with van der Waals surface area (Å²) in [6, 6.07) is 3.66. The molecule has 20 heavy (non-hydrogen) atoms. The quantitative estimate of drug-likeness (QED) is 0.891. The van der Waals surface area contributed by atoms with Gasteiger partial charge >= 0.3 is 6.36 Å². The number of benzene rings is 1. The molecule has 0 saturated heterocycles. The highest BCUT2D eigenvalue weighted by Gasteiger charge is 2.31.